The molecule has 2 rings (SSSR count). The smallest absolute Gasteiger partial charge is 0.259 e. The monoisotopic (exact) mass is 269 g/mol. The zero-order valence-corrected chi connectivity index (χ0v) is 12.3. The van der Waals surface area contributed by atoms with E-state index in [0.29, 0.717) is 11.3 Å². The van der Waals surface area contributed by atoms with Crippen molar-refractivity contribution in [3.8, 4) is 0 Å². The molecular formula is C16H19N3O. The molecule has 0 aliphatic heterocycles. The van der Waals surface area contributed by atoms with E-state index in [1.165, 1.54) is 12.5 Å². The predicted molar refractivity (Wildman–Crippen MR) is 79.9 cm³/mol. The molecule has 0 aliphatic rings. The van der Waals surface area contributed by atoms with Crippen molar-refractivity contribution in [1.29, 1.82) is 0 Å². The third-order valence-electron chi connectivity index (χ3n) is 3.14. The summed E-state index contributed by atoms with van der Waals surface area (Å²) in [5, 5.41) is 2.96. The maximum absolute atomic E-state index is 12.3. The van der Waals surface area contributed by atoms with Crippen LogP contribution in [-0.2, 0) is 5.41 Å². The topological polar surface area (TPSA) is 54.9 Å². The van der Waals surface area contributed by atoms with Gasteiger partial charge in [0.2, 0.25) is 0 Å². The lowest BCUT2D eigenvalue weighted by molar-refractivity contribution is 0.102. The molecule has 0 spiro atoms. The summed E-state index contributed by atoms with van der Waals surface area (Å²) in [5.41, 5.74) is 3.06. The number of carbonyl (C=O) groups is 1. The number of hydrogen-bond acceptors (Lipinski definition) is 3. The van der Waals surface area contributed by atoms with Gasteiger partial charge in [0, 0.05) is 11.9 Å². The number of para-hydroxylation sites is 1. The van der Waals surface area contributed by atoms with Gasteiger partial charge in [-0.25, -0.2) is 9.97 Å². The number of hydrogen-bond donors (Lipinski definition) is 1. The SMILES string of the molecule is Cc1ncncc1C(=O)Nc1ccccc1C(C)(C)C. The quantitative estimate of drug-likeness (QED) is 0.909. The zero-order chi connectivity index (χ0) is 14.8. The highest BCUT2D eigenvalue weighted by Gasteiger charge is 2.19. The molecule has 1 N–H and O–H groups in total. The number of carbonyl (C=O) groups excluding carboxylic acids is 1. The van der Waals surface area contributed by atoms with Crippen LogP contribution in [0.15, 0.2) is 36.8 Å². The van der Waals surface area contributed by atoms with Crippen molar-refractivity contribution in [2.45, 2.75) is 33.1 Å². The zero-order valence-electron chi connectivity index (χ0n) is 12.3. The van der Waals surface area contributed by atoms with Crippen LogP contribution in [0.5, 0.6) is 0 Å². The molecular weight excluding hydrogens is 250 g/mol. The average Bonchev–Trinajstić information content (AvgIpc) is 2.38. The number of aromatic nitrogens is 2. The second kappa shape index (κ2) is 5.41. The number of nitrogens with one attached hydrogen (secondary N) is 1. The van der Waals surface area contributed by atoms with Gasteiger partial charge in [0.1, 0.15) is 6.33 Å². The largest absolute Gasteiger partial charge is 0.322 e. The minimum atomic E-state index is -0.181. The van der Waals surface area contributed by atoms with Crippen LogP contribution in [0.4, 0.5) is 5.69 Å². The van der Waals surface area contributed by atoms with E-state index in [0.717, 1.165) is 11.3 Å². The Morgan fingerprint density at radius 3 is 2.55 bits per heavy atom. The Morgan fingerprint density at radius 2 is 1.90 bits per heavy atom. The summed E-state index contributed by atoms with van der Waals surface area (Å²) in [7, 11) is 0. The number of rotatable bonds is 2. The molecule has 1 amide bonds. The summed E-state index contributed by atoms with van der Waals surface area (Å²) in [5.74, 6) is -0.181. The highest BCUT2D eigenvalue weighted by Crippen LogP contribution is 2.29. The molecule has 1 aromatic heterocycles. The van der Waals surface area contributed by atoms with Crippen molar-refractivity contribution in [3.05, 3.63) is 53.6 Å². The molecule has 0 atom stereocenters. The fraction of sp³-hybridized carbons (Fsp3) is 0.312. The molecule has 4 heteroatoms. The van der Waals surface area contributed by atoms with Crippen molar-refractivity contribution in [2.75, 3.05) is 5.32 Å². The van der Waals surface area contributed by atoms with Crippen LogP contribution in [0.3, 0.4) is 0 Å². The van der Waals surface area contributed by atoms with E-state index in [1.54, 1.807) is 6.92 Å². The second-order valence-electron chi connectivity index (χ2n) is 5.77. The van der Waals surface area contributed by atoms with E-state index >= 15 is 0 Å². The number of aryl methyl sites for hydroxylation is 1. The first-order valence-corrected chi connectivity index (χ1v) is 6.57. The van der Waals surface area contributed by atoms with Gasteiger partial charge in [-0.05, 0) is 24.0 Å². The van der Waals surface area contributed by atoms with Crippen molar-refractivity contribution >= 4 is 11.6 Å². The Labute approximate surface area is 119 Å². The molecule has 2 aromatic rings. The summed E-state index contributed by atoms with van der Waals surface area (Å²) in [6, 6.07) is 7.84. The molecule has 0 fully saturated rings. The Morgan fingerprint density at radius 1 is 1.20 bits per heavy atom. The number of nitrogens with zero attached hydrogens (tertiary/aromatic N) is 2. The normalized spacial score (nSPS) is 11.2. The summed E-state index contributed by atoms with van der Waals surface area (Å²) < 4.78 is 0. The van der Waals surface area contributed by atoms with E-state index in [2.05, 4.69) is 36.1 Å². The van der Waals surface area contributed by atoms with Gasteiger partial charge in [-0.2, -0.15) is 0 Å². The van der Waals surface area contributed by atoms with E-state index < -0.39 is 0 Å². The Balaban J connectivity index is 2.32. The van der Waals surface area contributed by atoms with Crippen LogP contribution in [0.1, 0.15) is 42.4 Å². The molecule has 1 aromatic carbocycles. The summed E-state index contributed by atoms with van der Waals surface area (Å²) in [4.78, 5) is 20.3. The highest BCUT2D eigenvalue weighted by atomic mass is 16.1. The Bertz CT molecular complexity index is 630. The molecule has 0 saturated carbocycles. The van der Waals surface area contributed by atoms with Crippen LogP contribution in [-0.4, -0.2) is 15.9 Å². The predicted octanol–water partition coefficient (Wildman–Crippen LogP) is 3.33. The van der Waals surface area contributed by atoms with Crippen molar-refractivity contribution in [3.63, 3.8) is 0 Å². The summed E-state index contributed by atoms with van der Waals surface area (Å²) in [6.07, 6.45) is 2.98. The molecule has 4 nitrogen and oxygen atoms in total. The lowest BCUT2D eigenvalue weighted by Crippen LogP contribution is -2.19. The molecule has 104 valence electrons. The molecule has 1 heterocycles. The van der Waals surface area contributed by atoms with Gasteiger partial charge in [0.15, 0.2) is 0 Å². The summed E-state index contributed by atoms with van der Waals surface area (Å²) in [6.45, 7) is 8.16. The van der Waals surface area contributed by atoms with Crippen LogP contribution in [0.25, 0.3) is 0 Å². The Hall–Kier alpha value is -2.23. The van der Waals surface area contributed by atoms with Gasteiger partial charge in [0.05, 0.1) is 11.3 Å². The minimum Gasteiger partial charge on any atom is -0.322 e. The van der Waals surface area contributed by atoms with Crippen LogP contribution in [0, 0.1) is 6.92 Å². The van der Waals surface area contributed by atoms with E-state index in [4.69, 9.17) is 0 Å². The number of benzene rings is 1. The van der Waals surface area contributed by atoms with Crippen molar-refractivity contribution < 1.29 is 4.79 Å². The number of anilines is 1. The third-order valence-corrected chi connectivity index (χ3v) is 3.14. The van der Waals surface area contributed by atoms with E-state index in [9.17, 15) is 4.79 Å². The highest BCUT2D eigenvalue weighted by molar-refractivity contribution is 6.05. The maximum atomic E-state index is 12.3. The van der Waals surface area contributed by atoms with Gasteiger partial charge in [-0.1, -0.05) is 39.0 Å². The molecule has 20 heavy (non-hydrogen) atoms. The fourth-order valence-electron chi connectivity index (χ4n) is 2.05. The molecule has 0 radical (unpaired) electrons. The minimum absolute atomic E-state index is 0.0356. The van der Waals surface area contributed by atoms with E-state index in [1.807, 2.05) is 24.3 Å². The second-order valence-corrected chi connectivity index (χ2v) is 5.77. The molecule has 0 unspecified atom stereocenters. The third kappa shape index (κ3) is 3.02. The average molecular weight is 269 g/mol. The lowest BCUT2D eigenvalue weighted by atomic mass is 9.86. The number of amides is 1. The van der Waals surface area contributed by atoms with Crippen molar-refractivity contribution in [1.82, 2.24) is 9.97 Å². The Kier molecular flexibility index (Phi) is 3.84. The van der Waals surface area contributed by atoms with Crippen LogP contribution >= 0.6 is 0 Å². The van der Waals surface area contributed by atoms with Gasteiger partial charge >= 0.3 is 0 Å². The van der Waals surface area contributed by atoms with Gasteiger partial charge in [-0.3, -0.25) is 4.79 Å². The maximum Gasteiger partial charge on any atom is 0.259 e. The summed E-state index contributed by atoms with van der Waals surface area (Å²) >= 11 is 0. The standard InChI is InChI=1S/C16H19N3O/c1-11-12(9-17-10-18-11)15(20)19-14-8-6-5-7-13(14)16(2,3)4/h5-10H,1-4H3,(H,19,20). The fourth-order valence-corrected chi connectivity index (χ4v) is 2.05. The van der Waals surface area contributed by atoms with Gasteiger partial charge < -0.3 is 5.32 Å². The van der Waals surface area contributed by atoms with Gasteiger partial charge in [-0.15, -0.1) is 0 Å². The molecule has 0 saturated heterocycles. The first kappa shape index (κ1) is 14.2. The van der Waals surface area contributed by atoms with E-state index in [-0.39, 0.29) is 11.3 Å². The lowest BCUT2D eigenvalue weighted by Gasteiger charge is -2.23. The van der Waals surface area contributed by atoms with Crippen LogP contribution < -0.4 is 5.32 Å². The van der Waals surface area contributed by atoms with Crippen molar-refractivity contribution in [2.24, 2.45) is 0 Å². The van der Waals surface area contributed by atoms with Gasteiger partial charge in [0.25, 0.3) is 5.91 Å². The van der Waals surface area contributed by atoms with Crippen LogP contribution in [0.2, 0.25) is 0 Å². The molecule has 0 aliphatic carbocycles. The first-order valence-electron chi connectivity index (χ1n) is 6.57. The first-order chi connectivity index (χ1) is 9.39. The molecule has 0 bridgehead atoms.